The third-order valence-electron chi connectivity index (χ3n) is 8.80. The number of hydrogen-bond donors (Lipinski definition) is 1. The zero-order valence-electron chi connectivity index (χ0n) is 28.1. The highest BCUT2D eigenvalue weighted by Crippen LogP contribution is 2.33. The summed E-state index contributed by atoms with van der Waals surface area (Å²) in [5.74, 6) is -0.253. The van der Waals surface area contributed by atoms with Crippen LogP contribution in [0.1, 0.15) is 43.2 Å². The van der Waals surface area contributed by atoms with Crippen molar-refractivity contribution in [2.75, 3.05) is 25.1 Å². The summed E-state index contributed by atoms with van der Waals surface area (Å²) >= 11 is 9.72. The molecule has 0 bridgehead atoms. The highest BCUT2D eigenvalue weighted by molar-refractivity contribution is 9.10. The molecular weight excluding hydrogens is 742 g/mol. The first-order valence-corrected chi connectivity index (χ1v) is 19.1. The largest absolute Gasteiger partial charge is 0.493 e. The van der Waals surface area contributed by atoms with Gasteiger partial charge in [0, 0.05) is 34.6 Å². The first-order chi connectivity index (χ1) is 24.1. The summed E-state index contributed by atoms with van der Waals surface area (Å²) in [7, 11) is -1.49. The average molecular weight is 783 g/mol. The molecule has 1 fully saturated rings. The predicted molar refractivity (Wildman–Crippen MR) is 199 cm³/mol. The van der Waals surface area contributed by atoms with Crippen LogP contribution in [0.3, 0.4) is 0 Å². The number of halogens is 2. The van der Waals surface area contributed by atoms with Crippen molar-refractivity contribution >= 4 is 55.1 Å². The third-order valence-corrected chi connectivity index (χ3v) is 11.3. The van der Waals surface area contributed by atoms with E-state index in [1.165, 1.54) is 37.3 Å². The SMILES string of the molecule is COc1ccc(S(=O)(=O)N(CC(=O)N(Cc2cccc(Br)c2)C(Cc2ccccc2)C(=O)NC2CCCCC2)c2ccc(Cl)cc2)cc1OC. The van der Waals surface area contributed by atoms with E-state index in [9.17, 15) is 18.0 Å². The van der Waals surface area contributed by atoms with E-state index in [1.54, 1.807) is 24.3 Å². The van der Waals surface area contributed by atoms with E-state index in [0.29, 0.717) is 10.8 Å². The van der Waals surface area contributed by atoms with Crippen LogP contribution in [-0.4, -0.2) is 58.0 Å². The van der Waals surface area contributed by atoms with Crippen LogP contribution >= 0.6 is 27.5 Å². The lowest BCUT2D eigenvalue weighted by Crippen LogP contribution is -2.55. The summed E-state index contributed by atoms with van der Waals surface area (Å²) in [6, 6.07) is 26.6. The number of methoxy groups -OCH3 is 2. The van der Waals surface area contributed by atoms with Crippen molar-refractivity contribution in [2.24, 2.45) is 0 Å². The topological polar surface area (TPSA) is 105 Å². The molecule has 1 aliphatic rings. The van der Waals surface area contributed by atoms with Crippen LogP contribution in [0.4, 0.5) is 5.69 Å². The minimum atomic E-state index is -4.36. The number of carbonyl (C=O) groups is 2. The Morgan fingerprint density at radius 1 is 0.860 bits per heavy atom. The maximum absolute atomic E-state index is 14.8. The van der Waals surface area contributed by atoms with Gasteiger partial charge in [0.2, 0.25) is 11.8 Å². The fourth-order valence-electron chi connectivity index (χ4n) is 6.17. The van der Waals surface area contributed by atoms with E-state index in [2.05, 4.69) is 21.2 Å². The van der Waals surface area contributed by atoms with Gasteiger partial charge in [0.25, 0.3) is 10.0 Å². The van der Waals surface area contributed by atoms with Crippen LogP contribution in [0.25, 0.3) is 0 Å². The van der Waals surface area contributed by atoms with Crippen molar-refractivity contribution < 1.29 is 27.5 Å². The monoisotopic (exact) mass is 781 g/mol. The molecule has 264 valence electrons. The van der Waals surface area contributed by atoms with Crippen molar-refractivity contribution in [3.63, 3.8) is 0 Å². The maximum atomic E-state index is 14.8. The van der Waals surface area contributed by atoms with Gasteiger partial charge >= 0.3 is 0 Å². The third kappa shape index (κ3) is 9.38. The Balaban J connectivity index is 1.58. The zero-order chi connectivity index (χ0) is 35.7. The van der Waals surface area contributed by atoms with Crippen molar-refractivity contribution in [1.82, 2.24) is 10.2 Å². The van der Waals surface area contributed by atoms with E-state index in [1.807, 2.05) is 54.6 Å². The number of nitrogens with zero attached hydrogens (tertiary/aromatic N) is 2. The molecule has 1 aliphatic carbocycles. The van der Waals surface area contributed by atoms with Crippen molar-refractivity contribution in [2.45, 2.75) is 62.0 Å². The normalized spacial score (nSPS) is 14.0. The lowest BCUT2D eigenvalue weighted by atomic mass is 9.94. The Kier molecular flexibility index (Phi) is 12.8. The quantitative estimate of drug-likeness (QED) is 0.143. The Labute approximate surface area is 307 Å². The number of hydrogen-bond acceptors (Lipinski definition) is 6. The van der Waals surface area contributed by atoms with Crippen molar-refractivity contribution in [3.05, 3.63) is 118 Å². The second kappa shape index (κ2) is 17.2. The van der Waals surface area contributed by atoms with Crippen LogP contribution in [-0.2, 0) is 32.6 Å². The number of rotatable bonds is 14. The molecule has 4 aromatic rings. The molecule has 1 unspecified atom stereocenters. The van der Waals surface area contributed by atoms with Crippen molar-refractivity contribution in [1.29, 1.82) is 0 Å². The lowest BCUT2D eigenvalue weighted by molar-refractivity contribution is -0.140. The van der Waals surface area contributed by atoms with Crippen LogP contribution in [0, 0.1) is 0 Å². The van der Waals surface area contributed by atoms with Gasteiger partial charge in [-0.1, -0.05) is 89.3 Å². The molecule has 0 aliphatic heterocycles. The van der Waals surface area contributed by atoms with Gasteiger partial charge in [-0.05, 0) is 72.5 Å². The smallest absolute Gasteiger partial charge is 0.264 e. The van der Waals surface area contributed by atoms with Gasteiger partial charge in [-0.2, -0.15) is 0 Å². The summed E-state index contributed by atoms with van der Waals surface area (Å²) in [6.07, 6.45) is 5.16. The van der Waals surface area contributed by atoms with Gasteiger partial charge in [0.1, 0.15) is 12.6 Å². The molecule has 5 rings (SSSR count). The van der Waals surface area contributed by atoms with Gasteiger partial charge in [0.05, 0.1) is 24.8 Å². The fraction of sp³-hybridized carbons (Fsp3) is 0.316. The summed E-state index contributed by atoms with van der Waals surface area (Å²) in [5.41, 5.74) is 1.87. The number of sulfonamides is 1. The van der Waals surface area contributed by atoms with E-state index in [-0.39, 0.29) is 41.2 Å². The lowest BCUT2D eigenvalue weighted by Gasteiger charge is -2.35. The first kappa shape index (κ1) is 37.2. The van der Waals surface area contributed by atoms with Gasteiger partial charge in [0.15, 0.2) is 11.5 Å². The molecule has 1 atom stereocenters. The molecule has 9 nitrogen and oxygen atoms in total. The molecule has 12 heteroatoms. The van der Waals surface area contributed by atoms with E-state index < -0.39 is 28.5 Å². The molecule has 4 aromatic carbocycles. The molecule has 1 N–H and O–H groups in total. The molecule has 0 aromatic heterocycles. The number of ether oxygens (including phenoxy) is 2. The van der Waals surface area contributed by atoms with Gasteiger partial charge in [-0.25, -0.2) is 8.42 Å². The highest BCUT2D eigenvalue weighted by Gasteiger charge is 2.36. The molecule has 0 saturated heterocycles. The molecule has 1 saturated carbocycles. The number of nitrogens with one attached hydrogen (secondary N) is 1. The van der Waals surface area contributed by atoms with Gasteiger partial charge in [-0.15, -0.1) is 0 Å². The fourth-order valence-corrected chi connectivity index (χ4v) is 8.17. The highest BCUT2D eigenvalue weighted by atomic mass is 79.9. The summed E-state index contributed by atoms with van der Waals surface area (Å²) in [5, 5.41) is 3.63. The number of anilines is 1. The van der Waals surface area contributed by atoms with Gasteiger partial charge < -0.3 is 19.7 Å². The first-order valence-electron chi connectivity index (χ1n) is 16.5. The van der Waals surface area contributed by atoms with Crippen LogP contribution in [0.5, 0.6) is 11.5 Å². The Morgan fingerprint density at radius 3 is 2.20 bits per heavy atom. The Bertz CT molecular complexity index is 1870. The zero-order valence-corrected chi connectivity index (χ0v) is 31.2. The second-order valence-corrected chi connectivity index (χ2v) is 15.4. The van der Waals surface area contributed by atoms with Crippen molar-refractivity contribution in [3.8, 4) is 11.5 Å². The molecule has 0 heterocycles. The number of amides is 2. The Hall–Kier alpha value is -4.06. The van der Waals surface area contributed by atoms with E-state index in [0.717, 1.165) is 52.0 Å². The maximum Gasteiger partial charge on any atom is 0.264 e. The molecule has 0 radical (unpaired) electrons. The summed E-state index contributed by atoms with van der Waals surface area (Å²) < 4.78 is 41.5. The predicted octanol–water partition coefficient (Wildman–Crippen LogP) is 7.40. The number of benzene rings is 4. The van der Waals surface area contributed by atoms with Gasteiger partial charge in [-0.3, -0.25) is 13.9 Å². The minimum Gasteiger partial charge on any atom is -0.493 e. The second-order valence-electron chi connectivity index (χ2n) is 12.2. The summed E-state index contributed by atoms with van der Waals surface area (Å²) in [4.78, 5) is 30.4. The molecule has 0 spiro atoms. The van der Waals surface area contributed by atoms with E-state index >= 15 is 0 Å². The minimum absolute atomic E-state index is 0.00772. The van der Waals surface area contributed by atoms with Crippen LogP contribution < -0.4 is 19.1 Å². The van der Waals surface area contributed by atoms with Crippen LogP contribution in [0.2, 0.25) is 5.02 Å². The molecule has 2 amide bonds. The van der Waals surface area contributed by atoms with Crippen LogP contribution in [0.15, 0.2) is 106 Å². The standard InChI is InChI=1S/C38H41BrClN3O6S/c1-48-35-21-20-33(24-36(35)49-2)50(46,47)43(32-18-16-30(40)17-19-32)26-37(44)42(25-28-12-9-13-29(39)22-28)34(23-27-10-5-3-6-11-27)38(45)41-31-14-7-4-8-15-31/h3,5-6,9-13,16-22,24,31,34H,4,7-8,14-15,23,25-26H2,1-2H3,(H,41,45). The molecule has 50 heavy (non-hydrogen) atoms. The molecular formula is C38H41BrClN3O6S. The Morgan fingerprint density at radius 2 is 1.54 bits per heavy atom. The number of carbonyl (C=O) groups excluding carboxylic acids is 2. The average Bonchev–Trinajstić information content (AvgIpc) is 3.12. The summed E-state index contributed by atoms with van der Waals surface area (Å²) in [6.45, 7) is -0.521. The van der Waals surface area contributed by atoms with E-state index in [4.69, 9.17) is 21.1 Å².